The minimum Gasteiger partial charge on any atom is -0.246 e. The van der Waals surface area contributed by atoms with Crippen LogP contribution in [0.5, 0.6) is 0 Å². The van der Waals surface area contributed by atoms with Crippen LogP contribution in [0.4, 0.5) is 0 Å². The minimum atomic E-state index is -0.554. The molecule has 5 aromatic heterocycles. The van der Waals surface area contributed by atoms with E-state index >= 15 is 0 Å². The Bertz CT molecular complexity index is 4710. The van der Waals surface area contributed by atoms with Crippen molar-refractivity contribution in [3.8, 4) is 124 Å². The van der Waals surface area contributed by atoms with Gasteiger partial charge in [-0.15, -0.1) is 0 Å². The van der Waals surface area contributed by atoms with E-state index in [0.29, 0.717) is 45.9 Å². The van der Waals surface area contributed by atoms with Crippen molar-refractivity contribution in [2.24, 2.45) is 0 Å². The van der Waals surface area contributed by atoms with Gasteiger partial charge in [-0.1, -0.05) is 249 Å². The Morgan fingerprint density at radius 3 is 1.07 bits per heavy atom. The first kappa shape index (κ1) is 50.5. The molecule has 85 heavy (non-hydrogen) atoms. The Balaban J connectivity index is 0.845. The van der Waals surface area contributed by atoms with E-state index < -0.39 is 5.41 Å². The number of nitrogens with zero attached hydrogens (tertiary/aromatic N) is 7. The van der Waals surface area contributed by atoms with E-state index in [1.807, 2.05) is 97.1 Å². The molecule has 5 heterocycles. The number of fused-ring (bicyclic) bond motifs is 3. The molecule has 0 unspecified atom stereocenters. The van der Waals surface area contributed by atoms with Gasteiger partial charge in [-0.05, 0) is 127 Å². The third-order valence-corrected chi connectivity index (χ3v) is 16.0. The van der Waals surface area contributed by atoms with Crippen molar-refractivity contribution in [2.45, 2.75) is 5.41 Å². The number of pyridine rings is 4. The van der Waals surface area contributed by atoms with E-state index in [0.717, 1.165) is 67.2 Å². The molecule has 0 fully saturated rings. The molecule has 0 spiro atoms. The third-order valence-electron chi connectivity index (χ3n) is 16.0. The summed E-state index contributed by atoms with van der Waals surface area (Å²) in [4.78, 5) is 36.7. The SMILES string of the molecule is c1ccc(-c2cccc(-c3cc(-c4ccccc4)nc(-c4cccc(-c5nc(-c6ccccc6)nc(-c6cccc(-c7cc(-c8ccc9c(c8)C(c8ccccc8)(c8ccccc8)c8ccccc8-9)cc(-c8ccccc8)n7)n6)n5)n4)c3)c2)cc1. The summed E-state index contributed by atoms with van der Waals surface area (Å²) in [6.45, 7) is 0. The van der Waals surface area contributed by atoms with Crippen LogP contribution in [0.15, 0.2) is 309 Å². The van der Waals surface area contributed by atoms with Gasteiger partial charge < -0.3 is 0 Å². The van der Waals surface area contributed by atoms with Crippen LogP contribution in [0.3, 0.4) is 0 Å². The van der Waals surface area contributed by atoms with Gasteiger partial charge in [0.05, 0.1) is 39.6 Å². The highest BCUT2D eigenvalue weighted by molar-refractivity contribution is 5.89. The van der Waals surface area contributed by atoms with Gasteiger partial charge in [0.25, 0.3) is 0 Å². The van der Waals surface area contributed by atoms with Gasteiger partial charge in [-0.25, -0.2) is 34.9 Å². The normalized spacial score (nSPS) is 12.1. The van der Waals surface area contributed by atoms with E-state index in [1.165, 1.54) is 33.4 Å². The highest BCUT2D eigenvalue weighted by Gasteiger charge is 2.46. The molecular formula is C78H51N7. The van der Waals surface area contributed by atoms with Crippen LogP contribution in [0.1, 0.15) is 22.3 Å². The summed E-state index contributed by atoms with van der Waals surface area (Å²) < 4.78 is 0. The standard InChI is InChI=1S/C78H51N7/c1-7-24-52(25-8-1)56-32-21-33-57(46-56)59-48-71(53-26-9-2-10-27-53)81-73(50-59)67-40-22-42-69(79-67)76-83-75(55-30-13-4-14-31-55)84-77(85-76)70-43-23-41-68(80-70)74-51-60(49-72(82-74)54-28-11-3-12-29-54)58-44-45-64-63-38-19-20-39-65(63)78(66(64)47-58,61-34-15-5-16-35-61)62-36-17-6-18-37-62/h1-51H. The lowest BCUT2D eigenvalue weighted by Crippen LogP contribution is -2.28. The Morgan fingerprint density at radius 2 is 0.541 bits per heavy atom. The zero-order valence-electron chi connectivity index (χ0n) is 46.1. The van der Waals surface area contributed by atoms with Gasteiger partial charge in [-0.2, -0.15) is 0 Å². The largest absolute Gasteiger partial charge is 0.246 e. The number of rotatable bonds is 12. The van der Waals surface area contributed by atoms with E-state index in [2.05, 4.69) is 212 Å². The first-order valence-corrected chi connectivity index (χ1v) is 28.5. The molecule has 0 N–H and O–H groups in total. The zero-order valence-corrected chi connectivity index (χ0v) is 46.1. The monoisotopic (exact) mass is 1090 g/mol. The summed E-state index contributed by atoms with van der Waals surface area (Å²) in [7, 11) is 0. The third kappa shape index (κ3) is 9.55. The molecule has 1 aliphatic carbocycles. The predicted molar refractivity (Wildman–Crippen MR) is 343 cm³/mol. The van der Waals surface area contributed by atoms with Crippen LogP contribution >= 0.6 is 0 Å². The molecule has 0 bridgehead atoms. The van der Waals surface area contributed by atoms with E-state index in [9.17, 15) is 0 Å². The smallest absolute Gasteiger partial charge is 0.182 e. The summed E-state index contributed by atoms with van der Waals surface area (Å²) in [5, 5.41) is 0. The van der Waals surface area contributed by atoms with Gasteiger partial charge in [-0.3, -0.25) is 0 Å². The second-order valence-corrected chi connectivity index (χ2v) is 21.2. The second kappa shape index (κ2) is 21.8. The van der Waals surface area contributed by atoms with Crippen LogP contribution in [0.25, 0.3) is 124 Å². The van der Waals surface area contributed by atoms with Crippen molar-refractivity contribution in [3.63, 3.8) is 0 Å². The molecule has 7 heteroatoms. The van der Waals surface area contributed by atoms with Crippen molar-refractivity contribution in [1.82, 2.24) is 34.9 Å². The lowest BCUT2D eigenvalue weighted by molar-refractivity contribution is 0.769. The fraction of sp³-hybridized carbons (Fsp3) is 0.0128. The lowest BCUT2D eigenvalue weighted by atomic mass is 9.67. The predicted octanol–water partition coefficient (Wildman–Crippen LogP) is 18.5. The summed E-state index contributed by atoms with van der Waals surface area (Å²) in [6.07, 6.45) is 0. The van der Waals surface area contributed by atoms with Crippen molar-refractivity contribution >= 4 is 0 Å². The summed E-state index contributed by atoms with van der Waals surface area (Å²) >= 11 is 0. The molecule has 0 radical (unpaired) electrons. The van der Waals surface area contributed by atoms with Crippen LogP contribution in [-0.4, -0.2) is 34.9 Å². The van der Waals surface area contributed by atoms with Gasteiger partial charge in [0.1, 0.15) is 11.4 Å². The highest BCUT2D eigenvalue weighted by Crippen LogP contribution is 2.57. The molecule has 0 atom stereocenters. The van der Waals surface area contributed by atoms with Crippen LogP contribution in [-0.2, 0) is 5.41 Å². The summed E-state index contributed by atoms with van der Waals surface area (Å²) in [5.74, 6) is 1.30. The van der Waals surface area contributed by atoms with Gasteiger partial charge in [0.2, 0.25) is 0 Å². The fourth-order valence-corrected chi connectivity index (χ4v) is 12.0. The van der Waals surface area contributed by atoms with Crippen molar-refractivity contribution in [3.05, 3.63) is 332 Å². The molecule has 1 aliphatic rings. The number of hydrogen-bond acceptors (Lipinski definition) is 7. The second-order valence-electron chi connectivity index (χ2n) is 21.2. The molecule has 0 saturated carbocycles. The maximum atomic E-state index is 5.37. The Labute approximate surface area is 493 Å². The van der Waals surface area contributed by atoms with Gasteiger partial charge in [0, 0.05) is 16.7 Å². The van der Waals surface area contributed by atoms with Crippen LogP contribution < -0.4 is 0 Å². The average molecular weight is 1090 g/mol. The maximum Gasteiger partial charge on any atom is 0.182 e. The van der Waals surface area contributed by atoms with Gasteiger partial charge in [0.15, 0.2) is 17.5 Å². The van der Waals surface area contributed by atoms with Crippen molar-refractivity contribution in [2.75, 3.05) is 0 Å². The lowest BCUT2D eigenvalue weighted by Gasteiger charge is -2.34. The van der Waals surface area contributed by atoms with Crippen molar-refractivity contribution in [1.29, 1.82) is 0 Å². The van der Waals surface area contributed by atoms with E-state index in [-0.39, 0.29) is 0 Å². The molecule has 0 amide bonds. The molecular weight excluding hydrogens is 1030 g/mol. The van der Waals surface area contributed by atoms with E-state index in [4.69, 9.17) is 34.9 Å². The number of aromatic nitrogens is 7. The first-order chi connectivity index (χ1) is 42.1. The zero-order chi connectivity index (χ0) is 56.5. The molecule has 15 rings (SSSR count). The molecule has 0 aliphatic heterocycles. The Morgan fingerprint density at radius 1 is 0.176 bits per heavy atom. The average Bonchev–Trinajstić information content (AvgIpc) is 1.71. The maximum absolute atomic E-state index is 5.37. The summed E-state index contributed by atoms with van der Waals surface area (Å²) in [5.41, 5.74) is 21.7. The quantitative estimate of drug-likeness (QED) is 0.120. The van der Waals surface area contributed by atoms with Crippen LogP contribution in [0.2, 0.25) is 0 Å². The van der Waals surface area contributed by atoms with Crippen LogP contribution in [0, 0.1) is 0 Å². The Kier molecular flexibility index (Phi) is 13.0. The highest BCUT2D eigenvalue weighted by atomic mass is 15.1. The molecule has 7 nitrogen and oxygen atoms in total. The molecule has 14 aromatic rings. The Hall–Kier alpha value is -11.4. The topological polar surface area (TPSA) is 90.2 Å². The fourth-order valence-electron chi connectivity index (χ4n) is 12.0. The molecule has 9 aromatic carbocycles. The number of hydrogen-bond donors (Lipinski definition) is 0. The van der Waals surface area contributed by atoms with Crippen molar-refractivity contribution < 1.29 is 0 Å². The van der Waals surface area contributed by atoms with Gasteiger partial charge >= 0.3 is 0 Å². The molecule has 0 saturated heterocycles. The van der Waals surface area contributed by atoms with E-state index in [1.54, 1.807) is 0 Å². The summed E-state index contributed by atoms with van der Waals surface area (Å²) in [6, 6.07) is 108. The molecule has 398 valence electrons. The minimum absolute atomic E-state index is 0.401. The number of benzene rings is 9. The first-order valence-electron chi connectivity index (χ1n) is 28.5.